The van der Waals surface area contributed by atoms with Gasteiger partial charge in [-0.05, 0) is 0 Å². The minimum Gasteiger partial charge on any atom is -0.312 e. The van der Waals surface area contributed by atoms with E-state index in [2.05, 4.69) is 0 Å². The molecule has 0 aromatic rings. The van der Waals surface area contributed by atoms with Crippen LogP contribution in [0, 0.1) is 5.41 Å². The van der Waals surface area contributed by atoms with Crippen LogP contribution in [0.5, 0.6) is 0 Å². The van der Waals surface area contributed by atoms with Crippen molar-refractivity contribution >= 4 is 121 Å². The zero-order chi connectivity index (χ0) is 26.9. The molecule has 18 heteroatoms. The van der Waals surface area contributed by atoms with Crippen LogP contribution in [0.2, 0.25) is 0 Å². The number of rotatable bonds is 23. The summed E-state index contributed by atoms with van der Waals surface area (Å²) in [5.41, 5.74) is -0.864. The van der Waals surface area contributed by atoms with Crippen molar-refractivity contribution in [1.29, 1.82) is 0 Å². The lowest BCUT2D eigenvalue weighted by atomic mass is 9.96. The fourth-order valence-corrected chi connectivity index (χ4v) is 5.37. The Bertz CT molecular complexity index is 558. The molecule has 7 nitrogen and oxygen atoms in total. The van der Waals surface area contributed by atoms with Gasteiger partial charge >= 0.3 is 16.4 Å². The first-order valence-corrected chi connectivity index (χ1v) is 17.0. The van der Waals surface area contributed by atoms with Gasteiger partial charge in [0.15, 0.2) is 0 Å². The van der Waals surface area contributed by atoms with Crippen LogP contribution < -0.4 is 0 Å². The van der Waals surface area contributed by atoms with Gasteiger partial charge in [0.2, 0.25) is 0 Å². The normalized spacial score (nSPS) is 19.9. The van der Waals surface area contributed by atoms with Gasteiger partial charge in [0, 0.05) is 34.8 Å². The van der Waals surface area contributed by atoms with Crippen LogP contribution in [-0.4, -0.2) is 90.5 Å². The number of hydrogen-bond donors (Lipinski definition) is 0. The van der Waals surface area contributed by atoms with E-state index in [4.69, 9.17) is 132 Å². The second-order valence-corrected chi connectivity index (χ2v) is 14.2. The predicted octanol–water partition coefficient (Wildman–Crippen LogP) is 8.05. The molecule has 0 rings (SSSR count). The molecule has 0 fully saturated rings. The fourth-order valence-electron chi connectivity index (χ4n) is 1.59. The van der Waals surface area contributed by atoms with E-state index in [1.165, 1.54) is 0 Å². The van der Waals surface area contributed by atoms with Crippen LogP contribution >= 0.6 is 121 Å². The molecule has 0 saturated heterocycles. The summed E-state index contributed by atoms with van der Waals surface area (Å²) >= 11 is 52.8. The van der Waals surface area contributed by atoms with Gasteiger partial charge in [0.05, 0.1) is 61.1 Å². The van der Waals surface area contributed by atoms with E-state index >= 15 is 0 Å². The minimum atomic E-state index is -4.09. The maximum absolute atomic E-state index is 13.1. The molecule has 5 unspecified atom stereocenters. The summed E-state index contributed by atoms with van der Waals surface area (Å²) in [6, 6.07) is 0. The van der Waals surface area contributed by atoms with Gasteiger partial charge in [-0.3, -0.25) is 13.6 Å². The Morgan fingerprint density at radius 1 is 0.657 bits per heavy atom. The summed E-state index contributed by atoms with van der Waals surface area (Å²) in [6.45, 7) is 1.33. The van der Waals surface area contributed by atoms with E-state index in [1.807, 2.05) is 0 Å². The van der Waals surface area contributed by atoms with Crippen molar-refractivity contribution in [3.05, 3.63) is 0 Å². The molecular weight excluding hydrogens is 697 g/mol. The number of hydrogen-bond acceptors (Lipinski definition) is 7. The van der Waals surface area contributed by atoms with E-state index < -0.39 is 43.3 Å². The summed E-state index contributed by atoms with van der Waals surface area (Å²) in [5, 5.41) is -2.13. The van der Waals surface area contributed by atoms with Crippen molar-refractivity contribution in [2.75, 3.05) is 69.0 Å². The lowest BCUT2D eigenvalue weighted by Crippen LogP contribution is -2.31. The molecule has 0 aromatic carbocycles. The van der Waals surface area contributed by atoms with Crippen LogP contribution in [0.15, 0.2) is 0 Å². The first kappa shape index (κ1) is 38.0. The summed E-state index contributed by atoms with van der Waals surface area (Å²) in [7, 11) is -5.97. The van der Waals surface area contributed by atoms with E-state index in [-0.39, 0.29) is 69.0 Å². The molecule has 212 valence electrons. The molecular formula is C17H29Cl9O7P2. The Morgan fingerprint density at radius 2 is 1.06 bits per heavy atom. The Morgan fingerprint density at radius 3 is 1.43 bits per heavy atom. The Kier molecular flexibility index (Phi) is 23.6. The van der Waals surface area contributed by atoms with Gasteiger partial charge in [0.1, 0.15) is 0 Å². The lowest BCUT2D eigenvalue weighted by Gasteiger charge is -2.30. The summed E-state index contributed by atoms with van der Waals surface area (Å²) in [4.78, 5) is 0. The van der Waals surface area contributed by atoms with E-state index in [0.717, 1.165) is 0 Å². The Hall–Kier alpha value is 3.03. The van der Waals surface area contributed by atoms with Crippen molar-refractivity contribution in [1.82, 2.24) is 0 Å². The predicted molar refractivity (Wildman–Crippen MR) is 151 cm³/mol. The topological polar surface area (TPSA) is 72.5 Å². The lowest BCUT2D eigenvalue weighted by molar-refractivity contribution is 0.0524. The fraction of sp³-hybridized carbons (Fsp3) is 1.00. The molecule has 0 aliphatic rings. The van der Waals surface area contributed by atoms with Gasteiger partial charge in [-0.1, -0.05) is 6.92 Å². The van der Waals surface area contributed by atoms with Crippen LogP contribution in [-0.2, 0) is 31.7 Å². The SMILES string of the molecule is CC(CCl)(COP(OCC(Cl)CCl)OCC(Cl)CCl)COP(=O)(OCC(Cl)CCl)OCC(Cl)CCl. The first-order chi connectivity index (χ1) is 16.5. The van der Waals surface area contributed by atoms with Crippen molar-refractivity contribution in [2.24, 2.45) is 5.41 Å². The smallest absolute Gasteiger partial charge is 0.312 e. The highest BCUT2D eigenvalue weighted by atomic mass is 35.5. The average Bonchev–Trinajstić information content (AvgIpc) is 2.88. The third-order valence-electron chi connectivity index (χ3n) is 3.63. The maximum Gasteiger partial charge on any atom is 0.474 e. The Balaban J connectivity index is 5.16. The summed E-state index contributed by atoms with van der Waals surface area (Å²) in [6.07, 6.45) is 0. The number of phosphoric acid groups is 1. The Labute approximate surface area is 253 Å². The number of alkyl halides is 9. The van der Waals surface area contributed by atoms with Crippen LogP contribution in [0.25, 0.3) is 0 Å². The van der Waals surface area contributed by atoms with Crippen LogP contribution in [0.1, 0.15) is 6.92 Å². The van der Waals surface area contributed by atoms with Gasteiger partial charge in [-0.25, -0.2) is 4.57 Å². The molecule has 0 N–H and O–H groups in total. The molecule has 0 heterocycles. The van der Waals surface area contributed by atoms with Crippen LogP contribution in [0.3, 0.4) is 0 Å². The molecule has 0 aliphatic carbocycles. The standard InChI is InChI=1S/C17H29Cl9O7P2/c1-17(10-22,11-30-34(28-6-13(23)2-18)29-7-14(24)3-19)12-33-35(27,31-8-15(25)4-20)32-9-16(26)5-21/h13-16H,2-12H2,1H3. The van der Waals surface area contributed by atoms with Gasteiger partial charge in [0.25, 0.3) is 0 Å². The molecule has 0 spiro atoms. The minimum absolute atomic E-state index is 0.0104. The second-order valence-electron chi connectivity index (χ2n) is 7.35. The highest BCUT2D eigenvalue weighted by Gasteiger charge is 2.35. The zero-order valence-electron chi connectivity index (χ0n) is 18.7. The van der Waals surface area contributed by atoms with Gasteiger partial charge < -0.3 is 13.6 Å². The van der Waals surface area contributed by atoms with Crippen molar-refractivity contribution in [3.63, 3.8) is 0 Å². The molecule has 0 radical (unpaired) electrons. The molecule has 0 amide bonds. The molecule has 0 aromatic heterocycles. The number of phosphoric ester groups is 1. The highest BCUT2D eigenvalue weighted by molar-refractivity contribution is 7.48. The average molecular weight is 726 g/mol. The summed E-state index contributed by atoms with van der Waals surface area (Å²) < 4.78 is 46.2. The van der Waals surface area contributed by atoms with Gasteiger partial charge in [-0.2, -0.15) is 0 Å². The maximum atomic E-state index is 13.1. The van der Waals surface area contributed by atoms with Crippen molar-refractivity contribution in [3.8, 4) is 0 Å². The quantitative estimate of drug-likeness (QED) is 0.0780. The van der Waals surface area contributed by atoms with Crippen molar-refractivity contribution in [2.45, 2.75) is 28.4 Å². The van der Waals surface area contributed by atoms with Gasteiger partial charge in [-0.15, -0.1) is 104 Å². The molecule has 5 atom stereocenters. The second kappa shape index (κ2) is 21.7. The van der Waals surface area contributed by atoms with E-state index in [0.29, 0.717) is 0 Å². The summed E-state index contributed by atoms with van der Waals surface area (Å²) in [5.74, 6) is 0.533. The molecule has 0 aliphatic heterocycles. The van der Waals surface area contributed by atoms with Crippen LogP contribution in [0.4, 0.5) is 0 Å². The van der Waals surface area contributed by atoms with E-state index in [1.54, 1.807) is 6.92 Å². The molecule has 0 bridgehead atoms. The van der Waals surface area contributed by atoms with E-state index in [9.17, 15) is 4.57 Å². The first-order valence-electron chi connectivity index (χ1n) is 10.0. The third-order valence-corrected chi connectivity index (χ3v) is 9.95. The highest BCUT2D eigenvalue weighted by Crippen LogP contribution is 2.51. The molecule has 0 saturated carbocycles. The third kappa shape index (κ3) is 18.9. The van der Waals surface area contributed by atoms with Crippen molar-refractivity contribution < 1.29 is 31.7 Å². The molecule has 35 heavy (non-hydrogen) atoms. The largest absolute Gasteiger partial charge is 0.474 e. The number of halogens is 9. The zero-order valence-corrected chi connectivity index (χ0v) is 27.3. The monoisotopic (exact) mass is 722 g/mol.